The van der Waals surface area contributed by atoms with E-state index in [1.165, 1.54) is 12.1 Å². The van der Waals surface area contributed by atoms with Crippen LogP contribution in [0, 0.1) is 0 Å². The quantitative estimate of drug-likeness (QED) is 0.412. The highest BCUT2D eigenvalue weighted by Crippen LogP contribution is 2.08. The maximum absolute atomic E-state index is 10.4. The molecule has 0 heterocycles. The molecule has 0 unspecified atom stereocenters. The van der Waals surface area contributed by atoms with E-state index in [1.807, 2.05) is 0 Å². The van der Waals surface area contributed by atoms with Gasteiger partial charge in [0.1, 0.15) is 0 Å². The van der Waals surface area contributed by atoms with E-state index in [0.29, 0.717) is 0 Å². The lowest BCUT2D eigenvalue weighted by molar-refractivity contribution is -0.217. The molecule has 0 saturated heterocycles. The highest BCUT2D eigenvalue weighted by molar-refractivity contribution is 6.28. The normalized spacial score (nSPS) is 8.92. The average Bonchev–Trinajstić information content (AvgIpc) is 2.15. The second kappa shape index (κ2) is 4.10. The Bertz CT molecular complexity index is 306. The van der Waals surface area contributed by atoms with Gasteiger partial charge in [0.25, 0.3) is 0 Å². The largest absolute Gasteiger partial charge is 0.473 e. The molecule has 0 aromatic heterocycles. The number of carbonyl (C=O) groups excluding carboxylic acids is 1. The van der Waals surface area contributed by atoms with E-state index < -0.39 is 11.9 Å². The Morgan fingerprint density at radius 3 is 2.31 bits per heavy atom. The van der Waals surface area contributed by atoms with E-state index in [9.17, 15) is 9.59 Å². The predicted octanol–water partition coefficient (Wildman–Crippen LogP) is 0.608. The van der Waals surface area contributed by atoms with Crippen molar-refractivity contribution in [3.05, 3.63) is 30.3 Å². The molecule has 1 N–H and O–H groups in total. The van der Waals surface area contributed by atoms with Crippen molar-refractivity contribution in [1.82, 2.24) is 0 Å². The van der Waals surface area contributed by atoms with Gasteiger partial charge in [0, 0.05) is 0 Å². The molecular formula is C8H6O5. The van der Waals surface area contributed by atoms with E-state index in [1.54, 1.807) is 18.2 Å². The van der Waals surface area contributed by atoms with E-state index in [2.05, 4.69) is 9.78 Å². The minimum absolute atomic E-state index is 0.261. The Hall–Kier alpha value is -2.04. The van der Waals surface area contributed by atoms with E-state index >= 15 is 0 Å². The molecule has 1 aromatic rings. The number of hydrogen-bond donors (Lipinski definition) is 1. The first-order valence-corrected chi connectivity index (χ1v) is 3.37. The summed E-state index contributed by atoms with van der Waals surface area (Å²) in [6.45, 7) is 0. The fourth-order valence-corrected chi connectivity index (χ4v) is 0.598. The standard InChI is InChI=1S/C8H6O5/c9-7(10)8(11)13-12-6-4-2-1-3-5-6/h1-5H,(H,9,10). The lowest BCUT2D eigenvalue weighted by Crippen LogP contribution is -2.18. The predicted molar refractivity (Wildman–Crippen MR) is 40.8 cm³/mol. The first-order valence-electron chi connectivity index (χ1n) is 3.37. The molecular weight excluding hydrogens is 176 g/mol. The molecule has 0 aliphatic carbocycles. The molecule has 0 bridgehead atoms. The monoisotopic (exact) mass is 182 g/mol. The first-order chi connectivity index (χ1) is 6.20. The van der Waals surface area contributed by atoms with Crippen LogP contribution in [-0.2, 0) is 14.5 Å². The molecule has 13 heavy (non-hydrogen) atoms. The van der Waals surface area contributed by atoms with E-state index in [4.69, 9.17) is 5.11 Å². The fraction of sp³-hybridized carbons (Fsp3) is 0. The highest BCUT2D eigenvalue weighted by atomic mass is 17.2. The molecule has 0 aliphatic heterocycles. The van der Waals surface area contributed by atoms with Gasteiger partial charge in [0.05, 0.1) is 0 Å². The van der Waals surface area contributed by atoms with Crippen LogP contribution in [0.1, 0.15) is 0 Å². The maximum Gasteiger partial charge on any atom is 0.462 e. The molecule has 1 rings (SSSR count). The molecule has 5 nitrogen and oxygen atoms in total. The van der Waals surface area contributed by atoms with Crippen molar-refractivity contribution in [3.8, 4) is 5.75 Å². The van der Waals surface area contributed by atoms with E-state index in [0.717, 1.165) is 0 Å². The summed E-state index contributed by atoms with van der Waals surface area (Å²) < 4.78 is 0. The Morgan fingerprint density at radius 2 is 1.77 bits per heavy atom. The number of carboxylic acid groups (broad SMARTS) is 1. The van der Waals surface area contributed by atoms with Crippen LogP contribution in [0.15, 0.2) is 30.3 Å². The van der Waals surface area contributed by atoms with Crippen molar-refractivity contribution in [2.24, 2.45) is 0 Å². The molecule has 0 amide bonds. The first kappa shape index (κ1) is 9.05. The molecule has 0 spiro atoms. The van der Waals surface area contributed by atoms with Crippen molar-refractivity contribution < 1.29 is 24.5 Å². The Labute approximate surface area is 73.4 Å². The number of aliphatic carboxylic acids is 1. The van der Waals surface area contributed by atoms with Crippen molar-refractivity contribution in [2.45, 2.75) is 0 Å². The second-order valence-corrected chi connectivity index (χ2v) is 2.07. The maximum atomic E-state index is 10.4. The summed E-state index contributed by atoms with van der Waals surface area (Å²) in [4.78, 5) is 28.7. The van der Waals surface area contributed by atoms with Gasteiger partial charge < -0.3 is 5.11 Å². The summed E-state index contributed by atoms with van der Waals surface area (Å²) in [5, 5.41) is 8.11. The lowest BCUT2D eigenvalue weighted by atomic mass is 10.3. The Morgan fingerprint density at radius 1 is 1.15 bits per heavy atom. The minimum Gasteiger partial charge on any atom is -0.473 e. The molecule has 0 saturated carbocycles. The summed E-state index contributed by atoms with van der Waals surface area (Å²) >= 11 is 0. The van der Waals surface area contributed by atoms with Crippen LogP contribution in [0.4, 0.5) is 0 Å². The fourth-order valence-electron chi connectivity index (χ4n) is 0.598. The highest BCUT2D eigenvalue weighted by Gasteiger charge is 2.14. The summed E-state index contributed by atoms with van der Waals surface area (Å²) in [5.74, 6) is -2.89. The third kappa shape index (κ3) is 2.82. The number of carbonyl (C=O) groups is 2. The summed E-state index contributed by atoms with van der Waals surface area (Å²) in [6, 6.07) is 8.10. The molecule has 68 valence electrons. The Balaban J connectivity index is 2.44. The zero-order valence-electron chi connectivity index (χ0n) is 6.47. The van der Waals surface area contributed by atoms with Gasteiger partial charge in [-0.15, -0.1) is 0 Å². The smallest absolute Gasteiger partial charge is 0.462 e. The molecule has 5 heteroatoms. The number of hydrogen-bond acceptors (Lipinski definition) is 4. The molecule has 0 fully saturated rings. The van der Waals surface area contributed by atoms with Crippen LogP contribution in [-0.4, -0.2) is 17.0 Å². The van der Waals surface area contributed by atoms with Crippen LogP contribution in [0.5, 0.6) is 5.75 Å². The Kier molecular flexibility index (Phi) is 2.86. The van der Waals surface area contributed by atoms with E-state index in [-0.39, 0.29) is 5.75 Å². The van der Waals surface area contributed by atoms with Crippen LogP contribution in [0.25, 0.3) is 0 Å². The summed E-state index contributed by atoms with van der Waals surface area (Å²) in [6.07, 6.45) is 0. The topological polar surface area (TPSA) is 72.8 Å². The van der Waals surface area contributed by atoms with Gasteiger partial charge in [-0.1, -0.05) is 18.2 Å². The second-order valence-electron chi connectivity index (χ2n) is 2.07. The molecule has 0 radical (unpaired) electrons. The number of rotatable bonds is 2. The van der Waals surface area contributed by atoms with Gasteiger partial charge in [-0.05, 0) is 12.1 Å². The van der Waals surface area contributed by atoms with Crippen LogP contribution >= 0.6 is 0 Å². The third-order valence-corrected chi connectivity index (χ3v) is 1.13. The van der Waals surface area contributed by atoms with Crippen molar-refractivity contribution >= 4 is 11.9 Å². The lowest BCUT2D eigenvalue weighted by Gasteiger charge is -2.00. The van der Waals surface area contributed by atoms with Gasteiger partial charge in [-0.3, -0.25) is 4.89 Å². The SMILES string of the molecule is O=C(O)C(=O)OOc1ccccc1. The van der Waals surface area contributed by atoms with Gasteiger partial charge >= 0.3 is 11.9 Å². The van der Waals surface area contributed by atoms with Gasteiger partial charge in [-0.2, -0.15) is 0 Å². The average molecular weight is 182 g/mol. The van der Waals surface area contributed by atoms with Crippen LogP contribution < -0.4 is 4.89 Å². The number of benzene rings is 1. The van der Waals surface area contributed by atoms with Gasteiger partial charge in [0.2, 0.25) is 0 Å². The number of carboxylic acids is 1. The van der Waals surface area contributed by atoms with Gasteiger partial charge in [-0.25, -0.2) is 14.5 Å². The molecule has 0 atom stereocenters. The number of para-hydroxylation sites is 1. The van der Waals surface area contributed by atoms with Gasteiger partial charge in [0.15, 0.2) is 5.75 Å². The summed E-state index contributed by atoms with van der Waals surface area (Å²) in [5.41, 5.74) is 0. The third-order valence-electron chi connectivity index (χ3n) is 1.13. The van der Waals surface area contributed by atoms with Crippen LogP contribution in [0.3, 0.4) is 0 Å². The zero-order chi connectivity index (χ0) is 9.68. The summed E-state index contributed by atoms with van der Waals surface area (Å²) in [7, 11) is 0. The van der Waals surface area contributed by atoms with Crippen molar-refractivity contribution in [2.75, 3.05) is 0 Å². The van der Waals surface area contributed by atoms with Crippen LogP contribution in [0.2, 0.25) is 0 Å². The van der Waals surface area contributed by atoms with Crippen molar-refractivity contribution in [3.63, 3.8) is 0 Å². The molecule has 1 aromatic carbocycles. The zero-order valence-corrected chi connectivity index (χ0v) is 6.47. The van der Waals surface area contributed by atoms with Crippen molar-refractivity contribution in [1.29, 1.82) is 0 Å². The minimum atomic E-state index is -1.70. The molecule has 0 aliphatic rings.